The zero-order chi connectivity index (χ0) is 14.9. The molecule has 5 nitrogen and oxygen atoms in total. The van der Waals surface area contributed by atoms with Gasteiger partial charge in [-0.3, -0.25) is 4.99 Å². The Morgan fingerprint density at radius 1 is 1.29 bits per heavy atom. The second-order valence-electron chi connectivity index (χ2n) is 7.22. The predicted octanol–water partition coefficient (Wildman–Crippen LogP) is 1.39. The number of hydrogen-bond donors (Lipinski definition) is 2. The highest BCUT2D eigenvalue weighted by Gasteiger charge is 2.58. The van der Waals surface area contributed by atoms with Crippen LogP contribution in [-0.2, 0) is 9.47 Å². The summed E-state index contributed by atoms with van der Waals surface area (Å²) in [5.74, 6) is 2.16. The van der Waals surface area contributed by atoms with Crippen LogP contribution in [0.25, 0.3) is 0 Å². The zero-order valence-electron chi connectivity index (χ0n) is 13.5. The Bertz CT molecular complexity index is 391. The Morgan fingerprint density at radius 2 is 2.14 bits per heavy atom. The molecule has 4 atom stereocenters. The van der Waals surface area contributed by atoms with E-state index in [0.29, 0.717) is 24.0 Å². The molecule has 4 unspecified atom stereocenters. The molecule has 120 valence electrons. The number of fused-ring (bicyclic) bond motifs is 1. The Labute approximate surface area is 127 Å². The van der Waals surface area contributed by atoms with Crippen molar-refractivity contribution in [1.29, 1.82) is 0 Å². The molecule has 3 fully saturated rings. The average molecular weight is 295 g/mol. The van der Waals surface area contributed by atoms with E-state index in [0.717, 1.165) is 38.7 Å². The van der Waals surface area contributed by atoms with Gasteiger partial charge in [0.1, 0.15) is 0 Å². The van der Waals surface area contributed by atoms with E-state index in [1.54, 1.807) is 0 Å². The van der Waals surface area contributed by atoms with Crippen molar-refractivity contribution in [3.8, 4) is 0 Å². The third-order valence-electron chi connectivity index (χ3n) is 5.43. The summed E-state index contributed by atoms with van der Waals surface area (Å²) in [6.45, 7) is 8.24. The van der Waals surface area contributed by atoms with Crippen LogP contribution in [0.5, 0.6) is 0 Å². The van der Waals surface area contributed by atoms with Crippen molar-refractivity contribution in [2.75, 3.05) is 33.4 Å². The smallest absolute Gasteiger partial charge is 0.191 e. The number of guanidine groups is 1. The van der Waals surface area contributed by atoms with E-state index in [1.165, 1.54) is 12.8 Å². The van der Waals surface area contributed by atoms with Crippen molar-refractivity contribution in [1.82, 2.24) is 10.6 Å². The molecule has 2 aliphatic heterocycles. The number of ether oxygens (including phenoxy) is 2. The van der Waals surface area contributed by atoms with Crippen molar-refractivity contribution in [3.63, 3.8) is 0 Å². The molecule has 1 saturated carbocycles. The minimum Gasteiger partial charge on any atom is -0.381 e. The Kier molecular flexibility index (Phi) is 4.41. The fraction of sp³-hybridized carbons (Fsp3) is 0.938. The molecule has 0 bridgehead atoms. The zero-order valence-corrected chi connectivity index (χ0v) is 13.5. The monoisotopic (exact) mass is 295 g/mol. The van der Waals surface area contributed by atoms with E-state index in [1.807, 2.05) is 7.05 Å². The lowest BCUT2D eigenvalue weighted by Gasteiger charge is -2.60. The third kappa shape index (κ3) is 2.90. The van der Waals surface area contributed by atoms with Crippen molar-refractivity contribution in [2.24, 2.45) is 22.2 Å². The standard InChI is InChI=1S/C16H29N3O2/c1-16(2)13(12-5-4-7-21-14(12)16)19-15(17-3)18-9-11-6-8-20-10-11/h11-14H,4-10H2,1-3H3,(H2,17,18,19). The molecule has 3 aliphatic rings. The first-order valence-electron chi connectivity index (χ1n) is 8.29. The van der Waals surface area contributed by atoms with Crippen molar-refractivity contribution < 1.29 is 9.47 Å². The molecule has 21 heavy (non-hydrogen) atoms. The van der Waals surface area contributed by atoms with Crippen LogP contribution < -0.4 is 10.6 Å². The minimum atomic E-state index is 0.180. The molecule has 1 aliphatic carbocycles. The summed E-state index contributed by atoms with van der Waals surface area (Å²) in [4.78, 5) is 4.39. The van der Waals surface area contributed by atoms with Crippen molar-refractivity contribution >= 4 is 5.96 Å². The first-order chi connectivity index (χ1) is 10.1. The Balaban J connectivity index is 1.53. The largest absolute Gasteiger partial charge is 0.381 e. The summed E-state index contributed by atoms with van der Waals surface area (Å²) in [5.41, 5.74) is 0.180. The highest BCUT2D eigenvalue weighted by Crippen LogP contribution is 2.51. The molecule has 2 N–H and O–H groups in total. The Hall–Kier alpha value is -0.810. The van der Waals surface area contributed by atoms with Gasteiger partial charge >= 0.3 is 0 Å². The summed E-state index contributed by atoms with van der Waals surface area (Å²) in [6, 6.07) is 0.453. The van der Waals surface area contributed by atoms with Crippen molar-refractivity contribution in [3.05, 3.63) is 0 Å². The molecule has 0 aromatic heterocycles. The number of nitrogens with one attached hydrogen (secondary N) is 2. The molecule has 5 heteroatoms. The maximum Gasteiger partial charge on any atom is 0.191 e. The van der Waals surface area contributed by atoms with Crippen molar-refractivity contribution in [2.45, 2.75) is 45.3 Å². The quantitative estimate of drug-likeness (QED) is 0.610. The van der Waals surface area contributed by atoms with Gasteiger partial charge in [-0.15, -0.1) is 0 Å². The normalized spacial score (nSPS) is 38.5. The summed E-state index contributed by atoms with van der Waals surface area (Å²) >= 11 is 0. The number of aliphatic imine (C=N–C) groups is 1. The first-order valence-corrected chi connectivity index (χ1v) is 8.29. The van der Waals surface area contributed by atoms with Gasteiger partial charge in [-0.05, 0) is 19.3 Å². The van der Waals surface area contributed by atoms with Gasteiger partial charge < -0.3 is 20.1 Å². The molecule has 0 radical (unpaired) electrons. The Morgan fingerprint density at radius 3 is 2.86 bits per heavy atom. The van der Waals surface area contributed by atoms with Gasteiger partial charge in [0.05, 0.1) is 12.7 Å². The van der Waals surface area contributed by atoms with Crippen LogP contribution in [0.15, 0.2) is 4.99 Å². The van der Waals surface area contributed by atoms with Gasteiger partial charge in [0.2, 0.25) is 0 Å². The minimum absolute atomic E-state index is 0.180. The van der Waals surface area contributed by atoms with Crippen LogP contribution in [0.3, 0.4) is 0 Å². The van der Waals surface area contributed by atoms with Crippen LogP contribution in [0, 0.1) is 17.3 Å². The van der Waals surface area contributed by atoms with Gasteiger partial charge in [-0.2, -0.15) is 0 Å². The molecule has 0 amide bonds. The van der Waals surface area contributed by atoms with E-state index < -0.39 is 0 Å². The maximum atomic E-state index is 5.96. The van der Waals surface area contributed by atoms with E-state index in [2.05, 4.69) is 29.5 Å². The first kappa shape index (κ1) is 15.1. The van der Waals surface area contributed by atoms with Crippen LogP contribution in [0.1, 0.15) is 33.1 Å². The lowest BCUT2D eigenvalue weighted by atomic mass is 9.55. The topological polar surface area (TPSA) is 54.9 Å². The van der Waals surface area contributed by atoms with E-state index in [4.69, 9.17) is 9.47 Å². The summed E-state index contributed by atoms with van der Waals surface area (Å²) in [6.07, 6.45) is 4.00. The summed E-state index contributed by atoms with van der Waals surface area (Å²) < 4.78 is 11.4. The number of rotatable bonds is 3. The third-order valence-corrected chi connectivity index (χ3v) is 5.43. The predicted molar refractivity (Wildman–Crippen MR) is 83.5 cm³/mol. The molecule has 2 heterocycles. The fourth-order valence-corrected chi connectivity index (χ4v) is 4.14. The van der Waals surface area contributed by atoms with Crippen LogP contribution in [0.2, 0.25) is 0 Å². The van der Waals surface area contributed by atoms with E-state index in [-0.39, 0.29) is 5.41 Å². The highest BCUT2D eigenvalue weighted by atomic mass is 16.5. The number of nitrogens with zero attached hydrogens (tertiary/aromatic N) is 1. The van der Waals surface area contributed by atoms with Crippen LogP contribution in [0.4, 0.5) is 0 Å². The van der Waals surface area contributed by atoms with Gasteiger partial charge in [0, 0.05) is 50.1 Å². The lowest BCUT2D eigenvalue weighted by molar-refractivity contribution is -0.188. The van der Waals surface area contributed by atoms with E-state index in [9.17, 15) is 0 Å². The second-order valence-corrected chi connectivity index (χ2v) is 7.22. The molecular formula is C16H29N3O2. The van der Waals surface area contributed by atoms with Gasteiger partial charge in [-0.25, -0.2) is 0 Å². The highest BCUT2D eigenvalue weighted by molar-refractivity contribution is 5.80. The molecular weight excluding hydrogens is 266 g/mol. The van der Waals surface area contributed by atoms with Gasteiger partial charge in [0.15, 0.2) is 5.96 Å². The fourth-order valence-electron chi connectivity index (χ4n) is 4.14. The van der Waals surface area contributed by atoms with Gasteiger partial charge in [0.25, 0.3) is 0 Å². The van der Waals surface area contributed by atoms with Crippen LogP contribution in [-0.4, -0.2) is 51.5 Å². The number of hydrogen-bond acceptors (Lipinski definition) is 3. The SMILES string of the molecule is CN=C(NCC1CCOC1)NC1C2CCCOC2C1(C)C. The van der Waals surface area contributed by atoms with Gasteiger partial charge in [-0.1, -0.05) is 13.8 Å². The molecule has 2 saturated heterocycles. The maximum absolute atomic E-state index is 5.96. The molecule has 0 aromatic carbocycles. The average Bonchev–Trinajstić information content (AvgIpc) is 3.00. The lowest BCUT2D eigenvalue weighted by Crippen LogP contribution is -2.71. The van der Waals surface area contributed by atoms with E-state index >= 15 is 0 Å². The molecule has 0 spiro atoms. The second kappa shape index (κ2) is 6.13. The summed E-state index contributed by atoms with van der Waals surface area (Å²) in [7, 11) is 1.85. The summed E-state index contributed by atoms with van der Waals surface area (Å²) in [5, 5.41) is 7.10. The molecule has 0 aromatic rings. The molecule has 3 rings (SSSR count). The van der Waals surface area contributed by atoms with Crippen LogP contribution >= 0.6 is 0 Å².